The van der Waals surface area contributed by atoms with Crippen molar-refractivity contribution in [1.29, 1.82) is 0 Å². The number of rotatable bonds is 6. The molecule has 0 unspecified atom stereocenters. The second-order valence-corrected chi connectivity index (χ2v) is 7.18. The van der Waals surface area contributed by atoms with Crippen LogP contribution in [0, 0.1) is 13.8 Å². The number of aldehydes is 1. The van der Waals surface area contributed by atoms with Crippen molar-refractivity contribution in [3.63, 3.8) is 0 Å². The number of allylic oxidation sites excluding steroid dienone is 1. The third-order valence-corrected chi connectivity index (χ3v) is 4.80. The number of hydrogen-bond donors (Lipinski definition) is 0. The van der Waals surface area contributed by atoms with E-state index in [4.69, 9.17) is 9.47 Å². The molecule has 0 heterocycles. The van der Waals surface area contributed by atoms with Crippen molar-refractivity contribution >= 4 is 12.4 Å². The summed E-state index contributed by atoms with van der Waals surface area (Å²) in [7, 11) is 0. The summed E-state index contributed by atoms with van der Waals surface area (Å²) in [5, 5.41) is 0. The molecule has 140 valence electrons. The molecule has 0 saturated heterocycles. The monoisotopic (exact) mass is 370 g/mol. The van der Waals surface area contributed by atoms with Gasteiger partial charge in [0.05, 0.1) is 0 Å². The number of benzene rings is 3. The maximum Gasteiger partial charge on any atom is 0.169 e. The summed E-state index contributed by atoms with van der Waals surface area (Å²) in [4.78, 5) is 11.2. The predicted molar refractivity (Wildman–Crippen MR) is 111 cm³/mol. The van der Waals surface area contributed by atoms with Crippen LogP contribution in [0.15, 0.2) is 66.2 Å². The van der Waals surface area contributed by atoms with Gasteiger partial charge in [-0.1, -0.05) is 42.5 Å². The molecule has 0 amide bonds. The van der Waals surface area contributed by atoms with E-state index in [1.807, 2.05) is 74.5 Å². The van der Waals surface area contributed by atoms with Crippen molar-refractivity contribution in [2.75, 3.05) is 0 Å². The fourth-order valence-electron chi connectivity index (χ4n) is 3.43. The largest absolute Gasteiger partial charge is 0.485 e. The Hall–Kier alpha value is -3.33. The smallest absolute Gasteiger partial charge is 0.169 e. The van der Waals surface area contributed by atoms with Crippen molar-refractivity contribution in [2.24, 2.45) is 0 Å². The van der Waals surface area contributed by atoms with Gasteiger partial charge in [-0.25, -0.2) is 0 Å². The van der Waals surface area contributed by atoms with E-state index in [9.17, 15) is 4.79 Å². The van der Waals surface area contributed by atoms with Crippen molar-refractivity contribution in [3.05, 3.63) is 94.1 Å². The molecule has 3 nitrogen and oxygen atoms in total. The minimum absolute atomic E-state index is 0.474. The molecular formula is C25H22O3. The highest BCUT2D eigenvalue weighted by Crippen LogP contribution is 2.39. The van der Waals surface area contributed by atoms with Crippen LogP contribution in [0.4, 0.5) is 0 Å². The Morgan fingerprint density at radius 2 is 1.68 bits per heavy atom. The summed E-state index contributed by atoms with van der Waals surface area (Å²) in [6.45, 7) is 4.54. The molecular weight excluding hydrogens is 348 g/mol. The van der Waals surface area contributed by atoms with Gasteiger partial charge in [0.25, 0.3) is 0 Å². The Bertz CT molecular complexity index is 1050. The zero-order valence-electron chi connectivity index (χ0n) is 16.1. The Balaban J connectivity index is 1.64. The first-order valence-electron chi connectivity index (χ1n) is 9.37. The van der Waals surface area contributed by atoms with E-state index in [1.165, 1.54) is 0 Å². The highest BCUT2D eigenvalue weighted by atomic mass is 16.5. The first kappa shape index (κ1) is 18.1. The van der Waals surface area contributed by atoms with Crippen molar-refractivity contribution in [3.8, 4) is 17.2 Å². The van der Waals surface area contributed by atoms with Gasteiger partial charge in [-0.15, -0.1) is 0 Å². The molecule has 3 aromatic rings. The standard InChI is InChI=1S/C25H22O3/c1-17-8-9-23(25(11-17)27-16-19-6-4-3-5-7-19)28-24-12-18(2)10-21-13-20(15-26)14-22(21)24/h3-12,14-15H,13,16H2,1-2H3. The molecule has 0 aromatic heterocycles. The molecule has 3 aromatic carbocycles. The lowest BCUT2D eigenvalue weighted by molar-refractivity contribution is -0.104. The predicted octanol–water partition coefficient (Wildman–Crippen LogP) is 5.81. The molecule has 0 saturated carbocycles. The molecule has 0 radical (unpaired) electrons. The Morgan fingerprint density at radius 1 is 0.893 bits per heavy atom. The summed E-state index contributed by atoms with van der Waals surface area (Å²) in [6, 6.07) is 20.1. The average molecular weight is 370 g/mol. The maximum atomic E-state index is 11.2. The molecule has 0 aliphatic heterocycles. The zero-order chi connectivity index (χ0) is 19.5. The van der Waals surface area contributed by atoms with Crippen molar-refractivity contribution in [2.45, 2.75) is 26.9 Å². The van der Waals surface area contributed by atoms with Gasteiger partial charge in [0.15, 0.2) is 11.5 Å². The second-order valence-electron chi connectivity index (χ2n) is 7.18. The molecule has 0 spiro atoms. The summed E-state index contributed by atoms with van der Waals surface area (Å²) in [5.41, 5.74) is 6.18. The number of aryl methyl sites for hydroxylation is 2. The lowest BCUT2D eigenvalue weighted by Gasteiger charge is -2.16. The quantitative estimate of drug-likeness (QED) is 0.513. The van der Waals surface area contributed by atoms with Gasteiger partial charge in [0.1, 0.15) is 18.6 Å². The second kappa shape index (κ2) is 7.73. The molecule has 0 bridgehead atoms. The van der Waals surface area contributed by atoms with Gasteiger partial charge in [-0.3, -0.25) is 4.79 Å². The highest BCUT2D eigenvalue weighted by molar-refractivity contribution is 5.88. The van der Waals surface area contributed by atoms with E-state index in [0.29, 0.717) is 24.5 Å². The summed E-state index contributed by atoms with van der Waals surface area (Å²) >= 11 is 0. The minimum atomic E-state index is 0.474. The summed E-state index contributed by atoms with van der Waals surface area (Å²) in [6.07, 6.45) is 3.48. The van der Waals surface area contributed by atoms with Gasteiger partial charge in [-0.05, 0) is 65.9 Å². The van der Waals surface area contributed by atoms with Crippen LogP contribution >= 0.6 is 0 Å². The van der Waals surface area contributed by atoms with Gasteiger partial charge in [0.2, 0.25) is 0 Å². The maximum absolute atomic E-state index is 11.2. The van der Waals surface area contributed by atoms with E-state index in [-0.39, 0.29) is 0 Å². The summed E-state index contributed by atoms with van der Waals surface area (Å²) in [5.74, 6) is 2.12. The fraction of sp³-hybridized carbons (Fsp3) is 0.160. The highest BCUT2D eigenvalue weighted by Gasteiger charge is 2.19. The summed E-state index contributed by atoms with van der Waals surface area (Å²) < 4.78 is 12.4. The van der Waals surface area contributed by atoms with Crippen LogP contribution < -0.4 is 9.47 Å². The number of carbonyl (C=O) groups is 1. The van der Waals surface area contributed by atoms with Crippen LogP contribution in [0.1, 0.15) is 27.8 Å². The average Bonchev–Trinajstić information content (AvgIpc) is 3.12. The van der Waals surface area contributed by atoms with Gasteiger partial charge < -0.3 is 9.47 Å². The molecule has 1 aliphatic rings. The van der Waals surface area contributed by atoms with Crippen LogP contribution in [0.5, 0.6) is 17.2 Å². The van der Waals surface area contributed by atoms with Crippen LogP contribution in [-0.4, -0.2) is 6.29 Å². The van der Waals surface area contributed by atoms with E-state index in [2.05, 4.69) is 6.07 Å². The first-order valence-corrected chi connectivity index (χ1v) is 9.37. The number of carbonyl (C=O) groups excluding carboxylic acids is 1. The molecule has 4 rings (SSSR count). The third-order valence-electron chi connectivity index (χ3n) is 4.80. The van der Waals surface area contributed by atoms with Crippen LogP contribution in [0.3, 0.4) is 0 Å². The molecule has 0 atom stereocenters. The van der Waals surface area contributed by atoms with E-state index < -0.39 is 0 Å². The van der Waals surface area contributed by atoms with Gasteiger partial charge in [0, 0.05) is 12.0 Å². The van der Waals surface area contributed by atoms with Crippen LogP contribution in [0.25, 0.3) is 6.08 Å². The molecule has 0 fully saturated rings. The molecule has 1 aliphatic carbocycles. The van der Waals surface area contributed by atoms with Crippen LogP contribution in [-0.2, 0) is 17.8 Å². The molecule has 28 heavy (non-hydrogen) atoms. The van der Waals surface area contributed by atoms with Gasteiger partial charge in [-0.2, -0.15) is 0 Å². The van der Waals surface area contributed by atoms with E-state index in [1.54, 1.807) is 0 Å². The normalized spacial score (nSPS) is 12.3. The van der Waals surface area contributed by atoms with Crippen molar-refractivity contribution < 1.29 is 14.3 Å². The van der Waals surface area contributed by atoms with Crippen molar-refractivity contribution in [1.82, 2.24) is 0 Å². The fourth-order valence-corrected chi connectivity index (χ4v) is 3.43. The number of fused-ring (bicyclic) bond motifs is 1. The topological polar surface area (TPSA) is 35.5 Å². The van der Waals surface area contributed by atoms with E-state index >= 15 is 0 Å². The number of ether oxygens (including phenoxy) is 2. The lowest BCUT2D eigenvalue weighted by Crippen LogP contribution is -1.99. The Morgan fingerprint density at radius 3 is 2.46 bits per heavy atom. The molecule has 3 heteroatoms. The van der Waals surface area contributed by atoms with Crippen LogP contribution in [0.2, 0.25) is 0 Å². The zero-order valence-corrected chi connectivity index (χ0v) is 16.1. The molecule has 0 N–H and O–H groups in total. The van der Waals surface area contributed by atoms with E-state index in [0.717, 1.165) is 45.4 Å². The lowest BCUT2D eigenvalue weighted by atomic mass is 10.1. The first-order chi connectivity index (χ1) is 13.6. The SMILES string of the molecule is Cc1ccc(Oc2cc(C)cc3c2C=C(C=O)C3)c(OCc2ccccc2)c1. The minimum Gasteiger partial charge on any atom is -0.485 e. The Labute approximate surface area is 165 Å². The third kappa shape index (κ3) is 3.84. The van der Waals surface area contributed by atoms with Gasteiger partial charge >= 0.3 is 0 Å². The Kier molecular flexibility index (Phi) is 4.98. The number of hydrogen-bond acceptors (Lipinski definition) is 3.